The molecule has 2 N–H and O–H groups in total. The maximum atomic E-state index is 13.1. The van der Waals surface area contributed by atoms with Gasteiger partial charge in [-0.1, -0.05) is 12.1 Å². The van der Waals surface area contributed by atoms with Crippen molar-refractivity contribution in [3.63, 3.8) is 0 Å². The monoisotopic (exact) mass is 277 g/mol. The average Bonchev–Trinajstić information content (AvgIpc) is 2.38. The number of nitrogens with two attached hydrogens (primary N) is 1. The Labute approximate surface area is 116 Å². The van der Waals surface area contributed by atoms with Crippen LogP contribution >= 0.6 is 0 Å². The molecule has 0 atom stereocenters. The second-order valence-electron chi connectivity index (χ2n) is 4.20. The lowest BCUT2D eigenvalue weighted by atomic mass is 10.2. The van der Waals surface area contributed by atoms with Crippen molar-refractivity contribution >= 4 is 11.9 Å². The zero-order chi connectivity index (χ0) is 14.5. The predicted molar refractivity (Wildman–Crippen MR) is 73.9 cm³/mol. The largest absolute Gasteiger partial charge is 0.464 e. The topological polar surface area (TPSA) is 77.2 Å². The van der Waals surface area contributed by atoms with Gasteiger partial charge in [0.25, 0.3) is 0 Å². The fourth-order valence-electron chi connectivity index (χ4n) is 1.71. The quantitative estimate of drug-likeness (QED) is 0.895. The number of hydrogen-bond donors (Lipinski definition) is 1. The lowest BCUT2D eigenvalue weighted by Gasteiger charge is -2.17. The molecule has 1 heterocycles. The van der Waals surface area contributed by atoms with Crippen molar-refractivity contribution in [2.75, 3.05) is 24.3 Å². The van der Waals surface area contributed by atoms with E-state index < -0.39 is 0 Å². The Morgan fingerprint density at radius 1 is 1.30 bits per heavy atom. The van der Waals surface area contributed by atoms with E-state index in [-0.39, 0.29) is 17.8 Å². The van der Waals surface area contributed by atoms with Gasteiger partial charge in [0.2, 0.25) is 11.9 Å². The maximum Gasteiger partial charge on any atom is 0.323 e. The first kappa shape index (κ1) is 14.0. The molecular formula is C13H16FN5O. The number of hydrogen-bond acceptors (Lipinski definition) is 6. The van der Waals surface area contributed by atoms with Crippen LogP contribution in [0.3, 0.4) is 0 Å². The van der Waals surface area contributed by atoms with E-state index >= 15 is 0 Å². The predicted octanol–water partition coefficient (Wildman–Crippen LogP) is 1.63. The van der Waals surface area contributed by atoms with Crippen molar-refractivity contribution in [1.29, 1.82) is 0 Å². The maximum absolute atomic E-state index is 13.1. The zero-order valence-corrected chi connectivity index (χ0v) is 11.4. The molecule has 0 bridgehead atoms. The summed E-state index contributed by atoms with van der Waals surface area (Å²) in [5.74, 6) is 0.191. The molecule has 106 valence electrons. The van der Waals surface area contributed by atoms with E-state index in [1.807, 2.05) is 13.0 Å². The number of anilines is 2. The van der Waals surface area contributed by atoms with Gasteiger partial charge in [0.1, 0.15) is 5.82 Å². The highest BCUT2D eigenvalue weighted by Gasteiger charge is 2.10. The third-order valence-electron chi connectivity index (χ3n) is 2.54. The summed E-state index contributed by atoms with van der Waals surface area (Å²) in [5.41, 5.74) is 6.43. The van der Waals surface area contributed by atoms with Crippen LogP contribution in [0.15, 0.2) is 24.3 Å². The van der Waals surface area contributed by atoms with Crippen LogP contribution in [0, 0.1) is 5.82 Å². The molecule has 2 rings (SSSR count). The van der Waals surface area contributed by atoms with Crippen LogP contribution < -0.4 is 15.4 Å². The van der Waals surface area contributed by atoms with Crippen LogP contribution in [0.1, 0.15) is 12.5 Å². The third kappa shape index (κ3) is 3.53. The number of nitrogen functional groups attached to an aromatic ring is 1. The molecule has 20 heavy (non-hydrogen) atoms. The molecule has 0 radical (unpaired) electrons. The van der Waals surface area contributed by atoms with Crippen molar-refractivity contribution in [1.82, 2.24) is 15.0 Å². The van der Waals surface area contributed by atoms with E-state index in [1.165, 1.54) is 12.1 Å². The summed E-state index contributed by atoms with van der Waals surface area (Å²) in [7, 11) is 1.79. The number of aromatic nitrogens is 3. The summed E-state index contributed by atoms with van der Waals surface area (Å²) in [6, 6.07) is 6.53. The second kappa shape index (κ2) is 6.14. The summed E-state index contributed by atoms with van der Waals surface area (Å²) in [6.45, 7) is 2.72. The highest BCUT2D eigenvalue weighted by molar-refractivity contribution is 5.36. The summed E-state index contributed by atoms with van der Waals surface area (Å²) in [6.07, 6.45) is 0. The number of ether oxygens (including phenoxy) is 1. The standard InChI is InChI=1S/C13H16FN5O/c1-3-20-13-17-11(15)16-12(18-13)19(2)8-9-5-4-6-10(14)7-9/h4-7H,3,8H2,1-2H3,(H2,15,16,17,18). The van der Waals surface area contributed by atoms with E-state index in [2.05, 4.69) is 15.0 Å². The average molecular weight is 277 g/mol. The SMILES string of the molecule is CCOc1nc(N)nc(N(C)Cc2cccc(F)c2)n1. The molecule has 0 amide bonds. The van der Waals surface area contributed by atoms with Gasteiger partial charge >= 0.3 is 6.01 Å². The van der Waals surface area contributed by atoms with E-state index in [0.717, 1.165) is 5.56 Å². The molecule has 1 aromatic carbocycles. The van der Waals surface area contributed by atoms with Crippen LogP contribution in [0.4, 0.5) is 16.3 Å². The number of nitrogens with zero attached hydrogens (tertiary/aromatic N) is 4. The van der Waals surface area contributed by atoms with E-state index in [1.54, 1.807) is 18.0 Å². The molecule has 0 unspecified atom stereocenters. The van der Waals surface area contributed by atoms with Crippen molar-refractivity contribution < 1.29 is 9.13 Å². The molecule has 0 aliphatic rings. The van der Waals surface area contributed by atoms with Crippen LogP contribution in [0.5, 0.6) is 6.01 Å². The highest BCUT2D eigenvalue weighted by Crippen LogP contribution is 2.15. The molecule has 2 aromatic rings. The first-order valence-electron chi connectivity index (χ1n) is 6.18. The molecule has 1 aromatic heterocycles. The molecule has 0 saturated heterocycles. The van der Waals surface area contributed by atoms with Crippen LogP contribution in [-0.4, -0.2) is 28.6 Å². The molecule has 0 aliphatic carbocycles. The fraction of sp³-hybridized carbons (Fsp3) is 0.308. The Hall–Kier alpha value is -2.44. The zero-order valence-electron chi connectivity index (χ0n) is 11.4. The van der Waals surface area contributed by atoms with Crippen molar-refractivity contribution in [2.45, 2.75) is 13.5 Å². The van der Waals surface area contributed by atoms with Crippen LogP contribution in [0.2, 0.25) is 0 Å². The summed E-state index contributed by atoms with van der Waals surface area (Å²) in [4.78, 5) is 13.8. The van der Waals surface area contributed by atoms with E-state index in [9.17, 15) is 4.39 Å². The molecule has 0 spiro atoms. The van der Waals surface area contributed by atoms with Gasteiger partial charge in [-0.15, -0.1) is 0 Å². The molecular weight excluding hydrogens is 261 g/mol. The van der Waals surface area contributed by atoms with Crippen LogP contribution in [-0.2, 0) is 6.54 Å². The molecule has 0 fully saturated rings. The smallest absolute Gasteiger partial charge is 0.323 e. The summed E-state index contributed by atoms with van der Waals surface area (Å²) in [5, 5.41) is 0. The lowest BCUT2D eigenvalue weighted by molar-refractivity contribution is 0.312. The summed E-state index contributed by atoms with van der Waals surface area (Å²) < 4.78 is 18.4. The number of halogens is 1. The Morgan fingerprint density at radius 3 is 2.80 bits per heavy atom. The van der Waals surface area contributed by atoms with Gasteiger partial charge in [0, 0.05) is 13.6 Å². The third-order valence-corrected chi connectivity index (χ3v) is 2.54. The van der Waals surface area contributed by atoms with Gasteiger partial charge in [-0.2, -0.15) is 15.0 Å². The van der Waals surface area contributed by atoms with E-state index in [0.29, 0.717) is 19.1 Å². The van der Waals surface area contributed by atoms with Crippen molar-refractivity contribution in [3.8, 4) is 6.01 Å². The Bertz CT molecular complexity index is 593. The Kier molecular flexibility index (Phi) is 4.29. The number of rotatable bonds is 5. The first-order valence-corrected chi connectivity index (χ1v) is 6.18. The Morgan fingerprint density at radius 2 is 2.10 bits per heavy atom. The van der Waals surface area contributed by atoms with Gasteiger partial charge < -0.3 is 15.4 Å². The number of benzene rings is 1. The molecule has 0 saturated carbocycles. The van der Waals surface area contributed by atoms with Gasteiger partial charge in [0.05, 0.1) is 6.61 Å². The lowest BCUT2D eigenvalue weighted by Crippen LogP contribution is -2.20. The van der Waals surface area contributed by atoms with Gasteiger partial charge in [-0.25, -0.2) is 4.39 Å². The second-order valence-corrected chi connectivity index (χ2v) is 4.20. The van der Waals surface area contributed by atoms with Crippen molar-refractivity contribution in [3.05, 3.63) is 35.6 Å². The van der Waals surface area contributed by atoms with Gasteiger partial charge in [-0.3, -0.25) is 0 Å². The van der Waals surface area contributed by atoms with Gasteiger partial charge in [0.15, 0.2) is 0 Å². The minimum absolute atomic E-state index is 0.0875. The Balaban J connectivity index is 2.18. The highest BCUT2D eigenvalue weighted by atomic mass is 19.1. The summed E-state index contributed by atoms with van der Waals surface area (Å²) >= 11 is 0. The minimum Gasteiger partial charge on any atom is -0.464 e. The van der Waals surface area contributed by atoms with E-state index in [4.69, 9.17) is 10.5 Å². The fourth-order valence-corrected chi connectivity index (χ4v) is 1.71. The first-order chi connectivity index (χ1) is 9.58. The van der Waals surface area contributed by atoms with Gasteiger partial charge in [-0.05, 0) is 24.6 Å². The van der Waals surface area contributed by atoms with Crippen molar-refractivity contribution in [2.24, 2.45) is 0 Å². The molecule has 6 nitrogen and oxygen atoms in total. The normalized spacial score (nSPS) is 10.3. The minimum atomic E-state index is -0.277. The molecule has 0 aliphatic heterocycles. The van der Waals surface area contributed by atoms with Crippen LogP contribution in [0.25, 0.3) is 0 Å². The molecule has 7 heteroatoms.